The van der Waals surface area contributed by atoms with Gasteiger partial charge in [0.1, 0.15) is 6.33 Å². The minimum Gasteiger partial charge on any atom is -0.352 e. The number of hydrogen-bond donors (Lipinski definition) is 1. The molecule has 1 heterocycles. The third-order valence-corrected chi connectivity index (χ3v) is 3.50. The third-order valence-electron chi connectivity index (χ3n) is 3.50. The van der Waals surface area contributed by atoms with E-state index in [9.17, 15) is 4.79 Å². The number of nitrogens with zero attached hydrogens (tertiary/aromatic N) is 4. The number of hydrogen-bond acceptors (Lipinski definition) is 4. The smallest absolute Gasteiger partial charge is 0.251 e. The lowest BCUT2D eigenvalue weighted by atomic mass is 9.85. The Kier molecular flexibility index (Phi) is 3.22. The number of carbonyl (C=O) groups excluding carboxylic acids is 1. The van der Waals surface area contributed by atoms with Crippen LogP contribution in [0.1, 0.15) is 29.6 Å². The molecule has 1 saturated carbocycles. The highest BCUT2D eigenvalue weighted by atomic mass is 16.1. The molecule has 0 atom stereocenters. The first kappa shape index (κ1) is 11.8. The van der Waals surface area contributed by atoms with Gasteiger partial charge in [-0.2, -0.15) is 0 Å². The molecule has 0 saturated heterocycles. The fourth-order valence-corrected chi connectivity index (χ4v) is 2.11. The van der Waals surface area contributed by atoms with Crippen molar-refractivity contribution < 1.29 is 4.79 Å². The van der Waals surface area contributed by atoms with Gasteiger partial charge >= 0.3 is 0 Å². The number of amides is 1. The molecule has 0 aliphatic heterocycles. The third kappa shape index (κ3) is 2.62. The Labute approximate surface area is 110 Å². The molecular formula is C13H15N5O. The lowest BCUT2D eigenvalue weighted by Crippen LogP contribution is -2.32. The molecule has 19 heavy (non-hydrogen) atoms. The second kappa shape index (κ2) is 5.17. The minimum absolute atomic E-state index is 0.0400. The summed E-state index contributed by atoms with van der Waals surface area (Å²) in [5.41, 5.74) is 1.41. The van der Waals surface area contributed by atoms with Crippen molar-refractivity contribution in [3.05, 3.63) is 36.2 Å². The van der Waals surface area contributed by atoms with E-state index in [1.165, 1.54) is 30.3 Å². The van der Waals surface area contributed by atoms with Crippen molar-refractivity contribution in [2.45, 2.75) is 19.3 Å². The summed E-state index contributed by atoms with van der Waals surface area (Å²) in [5, 5.41) is 13.9. The molecule has 1 aliphatic carbocycles. The van der Waals surface area contributed by atoms with Crippen LogP contribution in [0.3, 0.4) is 0 Å². The van der Waals surface area contributed by atoms with Gasteiger partial charge in [-0.25, -0.2) is 4.68 Å². The summed E-state index contributed by atoms with van der Waals surface area (Å²) in [6, 6.07) is 7.27. The van der Waals surface area contributed by atoms with Crippen molar-refractivity contribution in [1.29, 1.82) is 0 Å². The number of nitrogens with one attached hydrogen (secondary N) is 1. The molecule has 6 heteroatoms. The van der Waals surface area contributed by atoms with Crippen molar-refractivity contribution in [2.75, 3.05) is 6.54 Å². The molecule has 1 amide bonds. The SMILES string of the molecule is O=C(NCC1CCC1)c1cccc(-n2cnnn2)c1. The molecular weight excluding hydrogens is 242 g/mol. The van der Waals surface area contributed by atoms with Gasteiger partial charge < -0.3 is 5.32 Å². The minimum atomic E-state index is -0.0400. The Bertz CT molecular complexity index is 562. The summed E-state index contributed by atoms with van der Waals surface area (Å²) in [6.07, 6.45) is 5.25. The summed E-state index contributed by atoms with van der Waals surface area (Å²) in [7, 11) is 0. The highest BCUT2D eigenvalue weighted by molar-refractivity contribution is 5.94. The Morgan fingerprint density at radius 1 is 1.42 bits per heavy atom. The van der Waals surface area contributed by atoms with Crippen LogP contribution >= 0.6 is 0 Å². The van der Waals surface area contributed by atoms with Crippen molar-refractivity contribution in [2.24, 2.45) is 5.92 Å². The van der Waals surface area contributed by atoms with Crippen LogP contribution in [-0.4, -0.2) is 32.7 Å². The van der Waals surface area contributed by atoms with Crippen LogP contribution in [0.2, 0.25) is 0 Å². The van der Waals surface area contributed by atoms with E-state index < -0.39 is 0 Å². The number of rotatable bonds is 4. The summed E-state index contributed by atoms with van der Waals surface area (Å²) in [5.74, 6) is 0.619. The average molecular weight is 257 g/mol. The lowest BCUT2D eigenvalue weighted by molar-refractivity contribution is 0.0939. The van der Waals surface area contributed by atoms with Crippen molar-refractivity contribution in [3.63, 3.8) is 0 Å². The van der Waals surface area contributed by atoms with E-state index in [0.29, 0.717) is 11.5 Å². The van der Waals surface area contributed by atoms with Gasteiger partial charge in [-0.1, -0.05) is 12.5 Å². The Morgan fingerprint density at radius 2 is 2.32 bits per heavy atom. The fraction of sp³-hybridized carbons (Fsp3) is 0.385. The maximum atomic E-state index is 12.0. The maximum absolute atomic E-state index is 12.0. The second-order valence-electron chi connectivity index (χ2n) is 4.81. The number of aromatic nitrogens is 4. The molecule has 1 fully saturated rings. The van der Waals surface area contributed by atoms with Gasteiger partial charge in [-0.3, -0.25) is 4.79 Å². The second-order valence-corrected chi connectivity index (χ2v) is 4.81. The van der Waals surface area contributed by atoms with E-state index in [2.05, 4.69) is 20.8 Å². The van der Waals surface area contributed by atoms with E-state index in [4.69, 9.17) is 0 Å². The highest BCUT2D eigenvalue weighted by Crippen LogP contribution is 2.25. The van der Waals surface area contributed by atoms with E-state index in [0.717, 1.165) is 12.2 Å². The molecule has 1 aromatic carbocycles. The van der Waals surface area contributed by atoms with Crippen LogP contribution in [0.15, 0.2) is 30.6 Å². The molecule has 98 valence electrons. The monoisotopic (exact) mass is 257 g/mol. The van der Waals surface area contributed by atoms with Gasteiger partial charge in [-0.05, 0) is 47.4 Å². The fourth-order valence-electron chi connectivity index (χ4n) is 2.11. The molecule has 1 N–H and O–H groups in total. The van der Waals surface area contributed by atoms with Gasteiger partial charge in [-0.15, -0.1) is 5.10 Å². The van der Waals surface area contributed by atoms with E-state index in [1.54, 1.807) is 12.1 Å². The van der Waals surface area contributed by atoms with Crippen molar-refractivity contribution in [1.82, 2.24) is 25.5 Å². The first-order valence-electron chi connectivity index (χ1n) is 6.44. The standard InChI is InChI=1S/C13H15N5O/c19-13(14-8-10-3-1-4-10)11-5-2-6-12(7-11)18-9-15-16-17-18/h2,5-7,9-10H,1,3-4,8H2,(H,14,19). The van der Waals surface area contributed by atoms with Crippen LogP contribution in [0.5, 0.6) is 0 Å². The summed E-state index contributed by atoms with van der Waals surface area (Å²) >= 11 is 0. The predicted molar refractivity (Wildman–Crippen MR) is 68.8 cm³/mol. The normalized spacial score (nSPS) is 14.9. The molecule has 0 spiro atoms. The van der Waals surface area contributed by atoms with Crippen LogP contribution in [0, 0.1) is 5.92 Å². The zero-order chi connectivity index (χ0) is 13.1. The first-order valence-corrected chi connectivity index (χ1v) is 6.44. The average Bonchev–Trinajstić information content (AvgIpc) is 2.91. The summed E-state index contributed by atoms with van der Waals surface area (Å²) in [6.45, 7) is 0.772. The van der Waals surface area contributed by atoms with E-state index in [-0.39, 0.29) is 5.91 Å². The van der Waals surface area contributed by atoms with Gasteiger partial charge in [0.05, 0.1) is 5.69 Å². The number of carbonyl (C=O) groups is 1. The molecule has 6 nitrogen and oxygen atoms in total. The van der Waals surface area contributed by atoms with Crippen molar-refractivity contribution >= 4 is 5.91 Å². The maximum Gasteiger partial charge on any atom is 0.251 e. The number of benzene rings is 1. The van der Waals surface area contributed by atoms with Gasteiger partial charge in [0.15, 0.2) is 0 Å². The Balaban J connectivity index is 1.69. The van der Waals surface area contributed by atoms with Crippen molar-refractivity contribution in [3.8, 4) is 5.69 Å². The van der Waals surface area contributed by atoms with Gasteiger partial charge in [0, 0.05) is 12.1 Å². The Morgan fingerprint density at radius 3 is 3.00 bits per heavy atom. The number of tetrazole rings is 1. The molecule has 2 aromatic rings. The molecule has 0 unspecified atom stereocenters. The van der Waals surface area contributed by atoms with Gasteiger partial charge in [0.2, 0.25) is 0 Å². The lowest BCUT2D eigenvalue weighted by Gasteiger charge is -2.25. The van der Waals surface area contributed by atoms with Crippen LogP contribution in [0.4, 0.5) is 0 Å². The molecule has 0 bridgehead atoms. The van der Waals surface area contributed by atoms with Crippen LogP contribution < -0.4 is 5.32 Å². The van der Waals surface area contributed by atoms with E-state index in [1.807, 2.05) is 12.1 Å². The summed E-state index contributed by atoms with van der Waals surface area (Å²) < 4.78 is 1.53. The van der Waals surface area contributed by atoms with Crippen LogP contribution in [0.25, 0.3) is 5.69 Å². The molecule has 3 rings (SSSR count). The zero-order valence-electron chi connectivity index (χ0n) is 10.5. The van der Waals surface area contributed by atoms with E-state index >= 15 is 0 Å². The van der Waals surface area contributed by atoms with Gasteiger partial charge in [0.25, 0.3) is 5.91 Å². The predicted octanol–water partition coefficient (Wildman–Crippen LogP) is 1.19. The first-order chi connectivity index (χ1) is 9.33. The zero-order valence-corrected chi connectivity index (χ0v) is 10.5. The van der Waals surface area contributed by atoms with Crippen LogP contribution in [-0.2, 0) is 0 Å². The highest BCUT2D eigenvalue weighted by Gasteiger charge is 2.18. The molecule has 1 aromatic heterocycles. The molecule has 1 aliphatic rings. The Hall–Kier alpha value is -2.24. The molecule has 0 radical (unpaired) electrons. The quantitative estimate of drug-likeness (QED) is 0.893. The largest absolute Gasteiger partial charge is 0.352 e. The topological polar surface area (TPSA) is 72.7 Å². The summed E-state index contributed by atoms with van der Waals surface area (Å²) in [4.78, 5) is 12.0.